The minimum Gasteiger partial charge on any atom is -0.383 e. The van der Waals surface area contributed by atoms with Crippen LogP contribution in [0.15, 0.2) is 0 Å². The van der Waals surface area contributed by atoms with Gasteiger partial charge in [0.05, 0.1) is 6.61 Å². The average molecular weight is 259 g/mol. The fraction of sp³-hybridized carbons (Fsp3) is 0.923. The van der Waals surface area contributed by atoms with Gasteiger partial charge in [-0.15, -0.1) is 0 Å². The fourth-order valence-electron chi connectivity index (χ4n) is 1.84. The molecule has 0 aliphatic heterocycles. The molecule has 0 saturated heterocycles. The first kappa shape index (κ1) is 17.4. The Morgan fingerprint density at radius 1 is 1.39 bits per heavy atom. The van der Waals surface area contributed by atoms with Gasteiger partial charge in [0.15, 0.2) is 0 Å². The van der Waals surface area contributed by atoms with Gasteiger partial charge in [0.2, 0.25) is 5.91 Å². The molecule has 0 bridgehead atoms. The third-order valence-electron chi connectivity index (χ3n) is 3.08. The van der Waals surface area contributed by atoms with E-state index in [2.05, 4.69) is 24.1 Å². The molecule has 0 saturated carbocycles. The number of ether oxygens (including phenoxy) is 1. The Bertz CT molecular complexity index is 220. The van der Waals surface area contributed by atoms with Crippen LogP contribution in [-0.2, 0) is 9.53 Å². The quantitative estimate of drug-likeness (QED) is 0.602. The number of hydrogen-bond acceptors (Lipinski definition) is 4. The zero-order chi connectivity index (χ0) is 14.0. The molecular formula is C13H29N3O2. The molecule has 0 aromatic rings. The lowest BCUT2D eigenvalue weighted by molar-refractivity contribution is -0.124. The number of amides is 1. The van der Waals surface area contributed by atoms with Crippen molar-refractivity contribution < 1.29 is 9.53 Å². The highest BCUT2D eigenvalue weighted by Gasteiger charge is 2.15. The Labute approximate surface area is 111 Å². The van der Waals surface area contributed by atoms with Crippen LogP contribution in [0.3, 0.4) is 0 Å². The number of carbonyl (C=O) groups is 1. The van der Waals surface area contributed by atoms with Crippen LogP contribution >= 0.6 is 0 Å². The number of nitrogens with one attached hydrogen (secondary N) is 1. The largest absolute Gasteiger partial charge is 0.383 e. The molecule has 108 valence electrons. The monoisotopic (exact) mass is 259 g/mol. The molecule has 0 aliphatic carbocycles. The van der Waals surface area contributed by atoms with Crippen LogP contribution in [0.4, 0.5) is 0 Å². The summed E-state index contributed by atoms with van der Waals surface area (Å²) in [5.74, 6) is -0.132. The van der Waals surface area contributed by atoms with Crippen molar-refractivity contribution in [3.63, 3.8) is 0 Å². The number of nitrogens with zero attached hydrogens (tertiary/aromatic N) is 1. The molecular weight excluding hydrogens is 230 g/mol. The summed E-state index contributed by atoms with van der Waals surface area (Å²) in [5.41, 5.74) is 5.65. The molecule has 0 aromatic heterocycles. The lowest BCUT2D eigenvalue weighted by Crippen LogP contribution is -2.46. The highest BCUT2D eigenvalue weighted by molar-refractivity contribution is 5.81. The Morgan fingerprint density at radius 2 is 2.00 bits per heavy atom. The zero-order valence-corrected chi connectivity index (χ0v) is 12.2. The van der Waals surface area contributed by atoms with E-state index in [0.29, 0.717) is 0 Å². The number of nitrogens with two attached hydrogens (primary N) is 1. The number of rotatable bonds is 10. The molecule has 0 aromatic carbocycles. The van der Waals surface area contributed by atoms with Gasteiger partial charge in [-0.25, -0.2) is 0 Å². The molecule has 5 nitrogen and oxygen atoms in total. The van der Waals surface area contributed by atoms with E-state index in [1.807, 2.05) is 6.92 Å². The molecule has 2 atom stereocenters. The predicted octanol–water partition coefficient (Wildman–Crippen LogP) is 0.587. The van der Waals surface area contributed by atoms with Crippen molar-refractivity contribution in [1.82, 2.24) is 10.2 Å². The normalized spacial score (nSPS) is 14.6. The SMILES string of the molecule is CCN(CC)CCCC(C)NC(=O)C(N)COC. The third-order valence-corrected chi connectivity index (χ3v) is 3.08. The van der Waals surface area contributed by atoms with Crippen molar-refractivity contribution in [2.75, 3.05) is 33.4 Å². The fourth-order valence-corrected chi connectivity index (χ4v) is 1.84. The second-order valence-electron chi connectivity index (χ2n) is 4.64. The van der Waals surface area contributed by atoms with E-state index >= 15 is 0 Å². The summed E-state index contributed by atoms with van der Waals surface area (Å²) in [4.78, 5) is 14.0. The highest BCUT2D eigenvalue weighted by Crippen LogP contribution is 2.00. The van der Waals surface area contributed by atoms with Gasteiger partial charge in [-0.1, -0.05) is 13.8 Å². The first-order valence-electron chi connectivity index (χ1n) is 6.82. The summed E-state index contributed by atoms with van der Waals surface area (Å²) in [7, 11) is 1.54. The van der Waals surface area contributed by atoms with Crippen LogP contribution in [0, 0.1) is 0 Å². The number of methoxy groups -OCH3 is 1. The lowest BCUT2D eigenvalue weighted by Gasteiger charge is -2.20. The van der Waals surface area contributed by atoms with Gasteiger partial charge in [-0.05, 0) is 39.4 Å². The average Bonchev–Trinajstić information content (AvgIpc) is 2.34. The standard InChI is InChI=1S/C13H29N3O2/c1-5-16(6-2)9-7-8-11(3)15-13(17)12(14)10-18-4/h11-12H,5-10,14H2,1-4H3,(H,15,17). The zero-order valence-electron chi connectivity index (χ0n) is 12.2. The molecule has 2 unspecified atom stereocenters. The molecule has 0 aliphatic rings. The van der Waals surface area contributed by atoms with Gasteiger partial charge in [0.25, 0.3) is 0 Å². The van der Waals surface area contributed by atoms with E-state index in [0.717, 1.165) is 32.5 Å². The van der Waals surface area contributed by atoms with E-state index in [-0.39, 0.29) is 18.6 Å². The molecule has 0 fully saturated rings. The van der Waals surface area contributed by atoms with Crippen LogP contribution in [-0.4, -0.2) is 56.2 Å². The Balaban J connectivity index is 3.76. The summed E-state index contributed by atoms with van der Waals surface area (Å²) in [5, 5.41) is 2.91. The second kappa shape index (κ2) is 10.3. The minimum absolute atomic E-state index is 0.132. The maximum atomic E-state index is 11.6. The molecule has 0 rings (SSSR count). The summed E-state index contributed by atoms with van der Waals surface area (Å²) in [6.45, 7) is 9.85. The molecule has 3 N–H and O–H groups in total. The molecule has 0 radical (unpaired) electrons. The minimum atomic E-state index is -0.569. The summed E-state index contributed by atoms with van der Waals surface area (Å²) in [6, 6.07) is -0.406. The summed E-state index contributed by atoms with van der Waals surface area (Å²) < 4.78 is 4.86. The molecule has 0 spiro atoms. The van der Waals surface area contributed by atoms with E-state index < -0.39 is 6.04 Å². The maximum absolute atomic E-state index is 11.6. The first-order valence-corrected chi connectivity index (χ1v) is 6.82. The highest BCUT2D eigenvalue weighted by atomic mass is 16.5. The van der Waals surface area contributed by atoms with E-state index in [1.165, 1.54) is 0 Å². The smallest absolute Gasteiger partial charge is 0.239 e. The van der Waals surface area contributed by atoms with Gasteiger partial charge in [-0.2, -0.15) is 0 Å². The van der Waals surface area contributed by atoms with Crippen LogP contribution in [0.2, 0.25) is 0 Å². The number of carbonyl (C=O) groups excluding carboxylic acids is 1. The molecule has 1 amide bonds. The Kier molecular flexibility index (Phi) is 9.92. The molecule has 5 heteroatoms. The van der Waals surface area contributed by atoms with Gasteiger partial charge in [0.1, 0.15) is 6.04 Å². The molecule has 18 heavy (non-hydrogen) atoms. The van der Waals surface area contributed by atoms with Crippen molar-refractivity contribution in [2.45, 2.75) is 45.7 Å². The topological polar surface area (TPSA) is 67.6 Å². The van der Waals surface area contributed by atoms with Gasteiger partial charge in [-0.3, -0.25) is 4.79 Å². The number of hydrogen-bond donors (Lipinski definition) is 2. The van der Waals surface area contributed by atoms with Crippen LogP contribution in [0.5, 0.6) is 0 Å². The van der Waals surface area contributed by atoms with E-state index in [4.69, 9.17) is 10.5 Å². The van der Waals surface area contributed by atoms with Crippen LogP contribution in [0.25, 0.3) is 0 Å². The summed E-state index contributed by atoms with van der Waals surface area (Å²) >= 11 is 0. The van der Waals surface area contributed by atoms with Crippen molar-refractivity contribution >= 4 is 5.91 Å². The third kappa shape index (κ3) is 7.63. The van der Waals surface area contributed by atoms with Crippen LogP contribution in [0.1, 0.15) is 33.6 Å². The lowest BCUT2D eigenvalue weighted by atomic mass is 10.1. The predicted molar refractivity (Wildman–Crippen MR) is 74.5 cm³/mol. The van der Waals surface area contributed by atoms with Gasteiger partial charge < -0.3 is 20.7 Å². The van der Waals surface area contributed by atoms with Crippen molar-refractivity contribution in [3.05, 3.63) is 0 Å². The second-order valence-corrected chi connectivity index (χ2v) is 4.64. The van der Waals surface area contributed by atoms with Gasteiger partial charge in [0, 0.05) is 13.2 Å². The van der Waals surface area contributed by atoms with Gasteiger partial charge >= 0.3 is 0 Å². The van der Waals surface area contributed by atoms with Crippen molar-refractivity contribution in [2.24, 2.45) is 5.73 Å². The maximum Gasteiger partial charge on any atom is 0.239 e. The van der Waals surface area contributed by atoms with Crippen LogP contribution < -0.4 is 11.1 Å². The molecule has 0 heterocycles. The Hall–Kier alpha value is -0.650. The van der Waals surface area contributed by atoms with Crippen molar-refractivity contribution in [1.29, 1.82) is 0 Å². The summed E-state index contributed by atoms with van der Waals surface area (Å²) in [6.07, 6.45) is 2.06. The van der Waals surface area contributed by atoms with E-state index in [1.54, 1.807) is 7.11 Å². The Morgan fingerprint density at radius 3 is 2.50 bits per heavy atom. The van der Waals surface area contributed by atoms with E-state index in [9.17, 15) is 4.79 Å². The van der Waals surface area contributed by atoms with Crippen molar-refractivity contribution in [3.8, 4) is 0 Å². The first-order chi connectivity index (χ1) is 8.54.